The SMILES string of the molecule is CCOc1ccc(/C=C2/CCCC3C2=NN(C(=O)COc2ccc4ccccc4c2)C3c2ccc(OCC)cc2)cc1. The number of benzene rings is 4. The fourth-order valence-corrected chi connectivity index (χ4v) is 5.96. The second-order valence-electron chi connectivity index (χ2n) is 10.6. The van der Waals surface area contributed by atoms with Crippen molar-refractivity contribution in [3.05, 3.63) is 108 Å². The van der Waals surface area contributed by atoms with Gasteiger partial charge in [0.2, 0.25) is 0 Å². The van der Waals surface area contributed by atoms with E-state index in [0.717, 1.165) is 58.4 Å². The van der Waals surface area contributed by atoms with Crippen LogP contribution in [0.15, 0.2) is 102 Å². The molecule has 2 unspecified atom stereocenters. The summed E-state index contributed by atoms with van der Waals surface area (Å²) in [6, 6.07) is 30.0. The molecule has 1 saturated carbocycles. The average Bonchev–Trinajstić information content (AvgIpc) is 3.42. The molecule has 214 valence electrons. The molecule has 2 atom stereocenters. The summed E-state index contributed by atoms with van der Waals surface area (Å²) in [6.45, 7) is 5.11. The first-order valence-corrected chi connectivity index (χ1v) is 14.8. The van der Waals surface area contributed by atoms with Crippen molar-refractivity contribution in [1.29, 1.82) is 0 Å². The Morgan fingerprint density at radius 3 is 2.21 bits per heavy atom. The van der Waals surface area contributed by atoms with Crippen molar-refractivity contribution >= 4 is 28.5 Å². The highest BCUT2D eigenvalue weighted by Crippen LogP contribution is 2.44. The molecule has 0 aromatic heterocycles. The van der Waals surface area contributed by atoms with Crippen molar-refractivity contribution < 1.29 is 19.0 Å². The van der Waals surface area contributed by atoms with E-state index in [-0.39, 0.29) is 24.5 Å². The molecule has 0 spiro atoms. The second-order valence-corrected chi connectivity index (χ2v) is 10.6. The minimum atomic E-state index is -0.201. The quantitative estimate of drug-likeness (QED) is 0.209. The highest BCUT2D eigenvalue weighted by Gasteiger charge is 2.43. The topological polar surface area (TPSA) is 60.4 Å². The zero-order valence-corrected chi connectivity index (χ0v) is 24.2. The van der Waals surface area contributed by atoms with Gasteiger partial charge in [0, 0.05) is 5.92 Å². The van der Waals surface area contributed by atoms with E-state index in [1.165, 1.54) is 5.57 Å². The van der Waals surface area contributed by atoms with E-state index in [2.05, 4.69) is 36.4 Å². The summed E-state index contributed by atoms with van der Waals surface area (Å²) < 4.78 is 17.3. The minimum Gasteiger partial charge on any atom is -0.494 e. The molecule has 0 bridgehead atoms. The Kier molecular flexibility index (Phi) is 8.22. The zero-order valence-electron chi connectivity index (χ0n) is 24.2. The van der Waals surface area contributed by atoms with E-state index in [1.54, 1.807) is 5.01 Å². The second kappa shape index (κ2) is 12.5. The molecule has 1 heterocycles. The standard InChI is InChI=1S/C36H36N2O4/c1-3-40-30-17-12-25(13-18-30)22-29-10-7-11-33-35(29)37-38(36(33)27-15-19-31(20-16-27)41-4-2)34(39)24-42-32-21-14-26-8-5-6-9-28(26)23-32/h5-6,8-9,12-23,33,36H,3-4,7,10-11,24H2,1-2H3/b29-22-. The first-order chi connectivity index (χ1) is 20.6. The molecule has 1 fully saturated rings. The van der Waals surface area contributed by atoms with Crippen LogP contribution in [0, 0.1) is 5.92 Å². The summed E-state index contributed by atoms with van der Waals surface area (Å²) in [4.78, 5) is 13.8. The zero-order chi connectivity index (χ0) is 28.9. The van der Waals surface area contributed by atoms with Crippen LogP contribution in [0.5, 0.6) is 17.2 Å². The number of carbonyl (C=O) groups excluding carboxylic acids is 1. The monoisotopic (exact) mass is 560 g/mol. The predicted molar refractivity (Wildman–Crippen MR) is 167 cm³/mol. The van der Waals surface area contributed by atoms with Crippen molar-refractivity contribution in [2.75, 3.05) is 19.8 Å². The Morgan fingerprint density at radius 2 is 1.50 bits per heavy atom. The Bertz CT molecular complexity index is 1610. The summed E-state index contributed by atoms with van der Waals surface area (Å²) >= 11 is 0. The number of amides is 1. The maximum Gasteiger partial charge on any atom is 0.281 e. The van der Waals surface area contributed by atoms with Gasteiger partial charge >= 0.3 is 0 Å². The van der Waals surface area contributed by atoms with E-state index in [0.29, 0.717) is 19.0 Å². The van der Waals surface area contributed by atoms with Crippen LogP contribution in [-0.2, 0) is 4.79 Å². The maximum absolute atomic E-state index is 13.8. The van der Waals surface area contributed by atoms with Crippen molar-refractivity contribution in [2.45, 2.75) is 39.2 Å². The van der Waals surface area contributed by atoms with Gasteiger partial charge in [-0.2, -0.15) is 5.10 Å². The Balaban J connectivity index is 1.29. The van der Waals surface area contributed by atoms with Crippen LogP contribution >= 0.6 is 0 Å². The smallest absolute Gasteiger partial charge is 0.281 e. The van der Waals surface area contributed by atoms with Crippen molar-refractivity contribution in [1.82, 2.24) is 5.01 Å². The van der Waals surface area contributed by atoms with Gasteiger partial charge in [0.1, 0.15) is 17.2 Å². The number of hydrazone groups is 1. The Labute approximate surface area is 247 Å². The van der Waals surface area contributed by atoms with Gasteiger partial charge in [-0.1, -0.05) is 54.6 Å². The molecular weight excluding hydrogens is 524 g/mol. The first kappa shape index (κ1) is 27.6. The van der Waals surface area contributed by atoms with Crippen LogP contribution in [0.3, 0.4) is 0 Å². The average molecular weight is 561 g/mol. The van der Waals surface area contributed by atoms with E-state index in [9.17, 15) is 4.79 Å². The third-order valence-corrected chi connectivity index (χ3v) is 7.90. The molecule has 4 aromatic rings. The van der Waals surface area contributed by atoms with Crippen LogP contribution in [-0.4, -0.2) is 36.4 Å². The largest absolute Gasteiger partial charge is 0.494 e. The van der Waals surface area contributed by atoms with Gasteiger partial charge < -0.3 is 14.2 Å². The Hall–Kier alpha value is -4.58. The van der Waals surface area contributed by atoms with Gasteiger partial charge in [0.25, 0.3) is 5.91 Å². The van der Waals surface area contributed by atoms with E-state index in [4.69, 9.17) is 19.3 Å². The molecule has 1 aliphatic carbocycles. The first-order valence-electron chi connectivity index (χ1n) is 14.8. The molecule has 0 N–H and O–H groups in total. The van der Waals surface area contributed by atoms with Gasteiger partial charge in [0.15, 0.2) is 6.61 Å². The van der Waals surface area contributed by atoms with Crippen molar-refractivity contribution in [3.63, 3.8) is 0 Å². The maximum atomic E-state index is 13.8. The number of carbonyl (C=O) groups is 1. The minimum absolute atomic E-state index is 0.0900. The third-order valence-electron chi connectivity index (χ3n) is 7.90. The lowest BCUT2D eigenvalue weighted by molar-refractivity contribution is -0.135. The lowest BCUT2D eigenvalue weighted by atomic mass is 9.77. The summed E-state index contributed by atoms with van der Waals surface area (Å²) in [5, 5.41) is 8.88. The highest BCUT2D eigenvalue weighted by molar-refractivity contribution is 6.08. The van der Waals surface area contributed by atoms with Gasteiger partial charge in [0.05, 0.1) is 25.0 Å². The van der Waals surface area contributed by atoms with Gasteiger partial charge in [-0.05, 0) is 103 Å². The van der Waals surface area contributed by atoms with Gasteiger partial charge in [-0.15, -0.1) is 0 Å². The molecule has 2 aliphatic rings. The van der Waals surface area contributed by atoms with Crippen LogP contribution in [0.25, 0.3) is 16.8 Å². The van der Waals surface area contributed by atoms with Crippen LogP contribution in [0.2, 0.25) is 0 Å². The fraction of sp³-hybridized carbons (Fsp3) is 0.278. The molecule has 4 aromatic carbocycles. The van der Waals surface area contributed by atoms with Crippen LogP contribution in [0.4, 0.5) is 0 Å². The molecule has 6 nitrogen and oxygen atoms in total. The molecule has 42 heavy (non-hydrogen) atoms. The summed E-state index contributed by atoms with van der Waals surface area (Å²) in [5.41, 5.74) is 4.31. The van der Waals surface area contributed by atoms with Crippen molar-refractivity contribution in [3.8, 4) is 17.2 Å². The summed E-state index contributed by atoms with van der Waals surface area (Å²) in [7, 11) is 0. The lowest BCUT2D eigenvalue weighted by Crippen LogP contribution is -2.34. The molecule has 6 heteroatoms. The molecular formula is C36H36N2O4. The normalized spacial score (nSPS) is 19.0. The fourth-order valence-electron chi connectivity index (χ4n) is 5.96. The number of hydrogen-bond acceptors (Lipinski definition) is 5. The van der Waals surface area contributed by atoms with Crippen molar-refractivity contribution in [2.24, 2.45) is 11.0 Å². The van der Waals surface area contributed by atoms with Crippen LogP contribution < -0.4 is 14.2 Å². The van der Waals surface area contributed by atoms with E-state index in [1.807, 2.05) is 74.5 Å². The predicted octanol–water partition coefficient (Wildman–Crippen LogP) is 7.84. The number of nitrogens with zero attached hydrogens (tertiary/aromatic N) is 2. The highest BCUT2D eigenvalue weighted by atomic mass is 16.5. The van der Waals surface area contributed by atoms with Gasteiger partial charge in [-0.3, -0.25) is 4.79 Å². The van der Waals surface area contributed by atoms with E-state index >= 15 is 0 Å². The van der Waals surface area contributed by atoms with E-state index < -0.39 is 0 Å². The molecule has 0 radical (unpaired) electrons. The molecule has 6 rings (SSSR count). The number of fused-ring (bicyclic) bond motifs is 2. The molecule has 0 saturated heterocycles. The number of rotatable bonds is 9. The summed E-state index contributed by atoms with van der Waals surface area (Å²) in [6.07, 6.45) is 5.13. The number of ether oxygens (including phenoxy) is 3. The molecule has 1 amide bonds. The Morgan fingerprint density at radius 1 is 0.833 bits per heavy atom. The van der Waals surface area contributed by atoms with Gasteiger partial charge in [-0.25, -0.2) is 5.01 Å². The number of hydrogen-bond donors (Lipinski definition) is 0. The molecule has 1 aliphatic heterocycles. The lowest BCUT2D eigenvalue weighted by Gasteiger charge is -2.29. The summed E-state index contributed by atoms with van der Waals surface area (Å²) in [5.74, 6) is 2.29. The number of allylic oxidation sites excluding steroid dienone is 1. The van der Waals surface area contributed by atoms with Crippen LogP contribution in [0.1, 0.15) is 50.3 Å². The third kappa shape index (κ3) is 5.89.